The molecule has 2 aromatic rings. The number of hydrogen-bond donors (Lipinski definition) is 3. The van der Waals surface area contributed by atoms with Crippen molar-refractivity contribution in [3.05, 3.63) is 30.0 Å². The summed E-state index contributed by atoms with van der Waals surface area (Å²) in [5.74, 6) is -0.631. The van der Waals surface area contributed by atoms with Gasteiger partial charge in [-0.25, -0.2) is 4.98 Å². The molecule has 0 bridgehead atoms. The van der Waals surface area contributed by atoms with Crippen LogP contribution in [0.25, 0.3) is 0 Å². The maximum Gasteiger partial charge on any atom is 0.421 e. The first kappa shape index (κ1) is 23.8. The van der Waals surface area contributed by atoms with E-state index in [4.69, 9.17) is 4.74 Å². The van der Waals surface area contributed by atoms with Crippen LogP contribution < -0.4 is 26.0 Å². The molecule has 0 saturated carbocycles. The zero-order chi connectivity index (χ0) is 23.5. The van der Waals surface area contributed by atoms with Crippen molar-refractivity contribution in [3.63, 3.8) is 0 Å². The van der Waals surface area contributed by atoms with Gasteiger partial charge >= 0.3 is 6.18 Å². The van der Waals surface area contributed by atoms with Gasteiger partial charge in [0.05, 0.1) is 12.8 Å². The molecule has 0 radical (unpaired) electrons. The highest BCUT2D eigenvalue weighted by atomic mass is 31.2. The Hall–Kier alpha value is -2.81. The first-order valence-electron chi connectivity index (χ1n) is 9.98. The van der Waals surface area contributed by atoms with Gasteiger partial charge in [0.1, 0.15) is 30.3 Å². The van der Waals surface area contributed by atoms with Crippen LogP contribution in [0.5, 0.6) is 5.75 Å². The molecule has 3 rings (SSSR count). The van der Waals surface area contributed by atoms with E-state index in [9.17, 15) is 22.5 Å². The van der Waals surface area contributed by atoms with Crippen LogP contribution in [0.4, 0.5) is 30.6 Å². The number of nitrogens with one attached hydrogen (secondary N) is 3. The molecule has 1 saturated heterocycles. The van der Waals surface area contributed by atoms with Crippen molar-refractivity contribution in [1.29, 1.82) is 0 Å². The molecule has 12 heteroatoms. The Kier molecular flexibility index (Phi) is 6.97. The van der Waals surface area contributed by atoms with Crippen molar-refractivity contribution in [2.24, 2.45) is 0 Å². The van der Waals surface area contributed by atoms with Crippen molar-refractivity contribution >= 4 is 35.8 Å². The van der Waals surface area contributed by atoms with Gasteiger partial charge in [-0.2, -0.15) is 18.2 Å². The Morgan fingerprint density at radius 3 is 2.66 bits per heavy atom. The van der Waals surface area contributed by atoms with E-state index in [0.29, 0.717) is 42.3 Å². The standard InChI is InChI=1S/C20H25F3N5O3P/c1-31-16-10-12(32(2,3)30)7-8-14(16)27-19-25-11-13(20(21,22)23)17(28-19)26-15-6-4-5-9-24-18(15)29/h7-8,10-11,15H,4-6,9H2,1-3H3,(H,24,29)(H2,25,26,27,28). The number of halogens is 3. The number of anilines is 3. The summed E-state index contributed by atoms with van der Waals surface area (Å²) in [6.07, 6.45) is -2.20. The summed E-state index contributed by atoms with van der Waals surface area (Å²) < 4.78 is 58.2. The highest BCUT2D eigenvalue weighted by molar-refractivity contribution is 7.70. The van der Waals surface area contributed by atoms with Crippen LogP contribution in [0.2, 0.25) is 0 Å². The third-order valence-corrected chi connectivity index (χ3v) is 6.52. The summed E-state index contributed by atoms with van der Waals surface area (Å²) >= 11 is 0. The maximum atomic E-state index is 13.5. The molecule has 1 unspecified atom stereocenters. The minimum atomic E-state index is -4.70. The molecule has 1 aliphatic rings. The molecular weight excluding hydrogens is 446 g/mol. The number of ether oxygens (including phenoxy) is 1. The first-order chi connectivity index (χ1) is 15.0. The number of nitrogens with zero attached hydrogens (tertiary/aromatic N) is 2. The summed E-state index contributed by atoms with van der Waals surface area (Å²) in [7, 11) is -1.11. The normalized spacial score (nSPS) is 17.3. The second-order valence-electron chi connectivity index (χ2n) is 7.80. The van der Waals surface area contributed by atoms with Crippen LogP contribution in [-0.2, 0) is 15.5 Å². The summed E-state index contributed by atoms with van der Waals surface area (Å²) in [5, 5.41) is 8.75. The zero-order valence-corrected chi connectivity index (χ0v) is 18.8. The van der Waals surface area contributed by atoms with Gasteiger partial charge in [-0.1, -0.05) is 0 Å². The Balaban J connectivity index is 1.94. The summed E-state index contributed by atoms with van der Waals surface area (Å²) in [6, 6.07) is 4.01. The van der Waals surface area contributed by atoms with Gasteiger partial charge in [0.2, 0.25) is 11.9 Å². The molecule has 3 N–H and O–H groups in total. The summed E-state index contributed by atoms with van der Waals surface area (Å²) in [6.45, 7) is 3.73. The number of carbonyl (C=O) groups is 1. The molecule has 174 valence electrons. The number of hydrogen-bond acceptors (Lipinski definition) is 7. The third-order valence-electron chi connectivity index (χ3n) is 4.99. The topological polar surface area (TPSA) is 105 Å². The van der Waals surface area contributed by atoms with Gasteiger partial charge in [-0.05, 0) is 50.8 Å². The van der Waals surface area contributed by atoms with E-state index in [-0.39, 0.29) is 11.9 Å². The molecule has 0 aliphatic carbocycles. The van der Waals surface area contributed by atoms with Crippen molar-refractivity contribution in [1.82, 2.24) is 15.3 Å². The van der Waals surface area contributed by atoms with E-state index in [1.165, 1.54) is 7.11 Å². The minimum Gasteiger partial charge on any atom is -0.495 e. The highest BCUT2D eigenvalue weighted by Gasteiger charge is 2.36. The lowest BCUT2D eigenvalue weighted by Gasteiger charge is -2.20. The van der Waals surface area contributed by atoms with E-state index in [1.807, 2.05) is 0 Å². The number of aromatic nitrogens is 2. The first-order valence-corrected chi connectivity index (χ1v) is 12.6. The highest BCUT2D eigenvalue weighted by Crippen LogP contribution is 2.38. The molecule has 2 heterocycles. The molecule has 1 atom stereocenters. The number of methoxy groups -OCH3 is 1. The van der Waals surface area contributed by atoms with Gasteiger partial charge in [0.25, 0.3) is 0 Å². The van der Waals surface area contributed by atoms with Crippen LogP contribution in [0.3, 0.4) is 0 Å². The monoisotopic (exact) mass is 471 g/mol. The van der Waals surface area contributed by atoms with E-state index in [1.54, 1.807) is 31.5 Å². The molecule has 1 aromatic carbocycles. The Labute approximate surface area is 183 Å². The van der Waals surface area contributed by atoms with Gasteiger partial charge in [-0.3, -0.25) is 4.79 Å². The Morgan fingerprint density at radius 2 is 2.00 bits per heavy atom. The predicted molar refractivity (Wildman–Crippen MR) is 117 cm³/mol. The second kappa shape index (κ2) is 9.36. The van der Waals surface area contributed by atoms with E-state index in [2.05, 4.69) is 25.9 Å². The molecule has 1 aliphatic heterocycles. The number of amides is 1. The van der Waals surface area contributed by atoms with E-state index < -0.39 is 30.7 Å². The Morgan fingerprint density at radius 1 is 1.25 bits per heavy atom. The molecule has 0 spiro atoms. The lowest BCUT2D eigenvalue weighted by Crippen LogP contribution is -2.38. The Bertz CT molecular complexity index is 1040. The van der Waals surface area contributed by atoms with Crippen LogP contribution in [0.1, 0.15) is 24.8 Å². The van der Waals surface area contributed by atoms with Crippen LogP contribution in [0, 0.1) is 0 Å². The lowest BCUT2D eigenvalue weighted by molar-refractivity contribution is -0.137. The molecule has 32 heavy (non-hydrogen) atoms. The van der Waals surface area contributed by atoms with Gasteiger partial charge in [0.15, 0.2) is 0 Å². The second-order valence-corrected chi connectivity index (χ2v) is 11.0. The van der Waals surface area contributed by atoms with E-state index in [0.717, 1.165) is 6.42 Å². The number of rotatable bonds is 6. The molecular formula is C20H25F3N5O3P. The van der Waals surface area contributed by atoms with Crippen molar-refractivity contribution in [2.75, 3.05) is 37.6 Å². The minimum absolute atomic E-state index is 0.114. The lowest BCUT2D eigenvalue weighted by atomic mass is 10.1. The van der Waals surface area contributed by atoms with Gasteiger partial charge < -0.3 is 25.3 Å². The summed E-state index contributed by atoms with van der Waals surface area (Å²) in [5.41, 5.74) is -0.678. The fourth-order valence-electron chi connectivity index (χ4n) is 3.24. The van der Waals surface area contributed by atoms with E-state index >= 15 is 0 Å². The number of benzene rings is 1. The zero-order valence-electron chi connectivity index (χ0n) is 17.9. The van der Waals surface area contributed by atoms with Crippen LogP contribution in [-0.4, -0.2) is 48.9 Å². The molecule has 8 nitrogen and oxygen atoms in total. The van der Waals surface area contributed by atoms with Crippen LogP contribution in [0.15, 0.2) is 24.4 Å². The number of alkyl halides is 3. The van der Waals surface area contributed by atoms with Gasteiger partial charge in [-0.15, -0.1) is 0 Å². The molecule has 1 fully saturated rings. The largest absolute Gasteiger partial charge is 0.495 e. The van der Waals surface area contributed by atoms with Crippen molar-refractivity contribution in [2.45, 2.75) is 31.5 Å². The fraction of sp³-hybridized carbons (Fsp3) is 0.450. The quantitative estimate of drug-likeness (QED) is 0.553. The SMILES string of the molecule is COc1cc(P(C)(C)=O)ccc1Nc1ncc(C(F)(F)F)c(NC2CCCCNC2=O)n1. The summed E-state index contributed by atoms with van der Waals surface area (Å²) in [4.78, 5) is 20.0. The average Bonchev–Trinajstić information content (AvgIpc) is 2.91. The smallest absolute Gasteiger partial charge is 0.421 e. The average molecular weight is 471 g/mol. The van der Waals surface area contributed by atoms with Crippen molar-refractivity contribution < 1.29 is 27.3 Å². The number of carbonyl (C=O) groups excluding carboxylic acids is 1. The molecule has 1 aromatic heterocycles. The molecule has 1 amide bonds. The maximum absolute atomic E-state index is 13.5. The third kappa shape index (κ3) is 5.70. The van der Waals surface area contributed by atoms with Crippen molar-refractivity contribution in [3.8, 4) is 5.75 Å². The van der Waals surface area contributed by atoms with Gasteiger partial charge in [0, 0.05) is 18.0 Å². The fourth-order valence-corrected chi connectivity index (χ4v) is 4.10. The predicted octanol–water partition coefficient (Wildman–Crippen LogP) is 3.58. The van der Waals surface area contributed by atoms with Crippen LogP contribution >= 0.6 is 7.14 Å².